The number of hydrogen-bond donors (Lipinski definition) is 2. The first-order chi connectivity index (χ1) is 5.50. The predicted molar refractivity (Wildman–Crippen MR) is 46.5 cm³/mol. The minimum Gasteiger partial charge on any atom is -0.327 e. The molecule has 1 rings (SSSR count). The van der Waals surface area contributed by atoms with Gasteiger partial charge in [0.1, 0.15) is 0 Å². The summed E-state index contributed by atoms with van der Waals surface area (Å²) in [6, 6.07) is -0.0641. The molecule has 1 heterocycles. The Morgan fingerprint density at radius 1 is 1.33 bits per heavy atom. The van der Waals surface area contributed by atoms with Crippen LogP contribution >= 0.6 is 0 Å². The van der Waals surface area contributed by atoms with Gasteiger partial charge in [0.2, 0.25) is 0 Å². The van der Waals surface area contributed by atoms with Gasteiger partial charge in [-0.1, -0.05) is 6.42 Å². The summed E-state index contributed by atoms with van der Waals surface area (Å²) in [5.41, 5.74) is 5.66. The van der Waals surface area contributed by atoms with Gasteiger partial charge in [0, 0.05) is 19.1 Å². The van der Waals surface area contributed by atoms with Crippen molar-refractivity contribution >= 4 is 10.2 Å². The average molecular weight is 193 g/mol. The minimum atomic E-state index is -3.53. The van der Waals surface area contributed by atoms with E-state index in [0.717, 1.165) is 19.3 Å². The lowest BCUT2D eigenvalue weighted by molar-refractivity contribution is 0.406. The van der Waals surface area contributed by atoms with Gasteiger partial charge in [-0.25, -0.2) is 5.14 Å². The molecule has 12 heavy (non-hydrogen) atoms. The van der Waals surface area contributed by atoms with Gasteiger partial charge < -0.3 is 5.73 Å². The van der Waals surface area contributed by atoms with Crippen molar-refractivity contribution in [1.82, 2.24) is 4.31 Å². The molecule has 0 radical (unpaired) electrons. The standard InChI is InChI=1S/C6H15N3O2S/c7-6-3-1-2-4-9(5-6)12(8,10)11/h6H,1-5,7H2,(H2,8,10,11). The van der Waals surface area contributed by atoms with Gasteiger partial charge in [0.15, 0.2) is 0 Å². The molecule has 1 atom stereocenters. The summed E-state index contributed by atoms with van der Waals surface area (Å²) in [7, 11) is -3.53. The second-order valence-corrected chi connectivity index (χ2v) is 4.71. The van der Waals surface area contributed by atoms with Gasteiger partial charge in [-0.05, 0) is 12.8 Å². The Kier molecular flexibility index (Phi) is 3.05. The van der Waals surface area contributed by atoms with E-state index in [9.17, 15) is 8.42 Å². The van der Waals surface area contributed by atoms with E-state index < -0.39 is 10.2 Å². The molecule has 1 unspecified atom stereocenters. The van der Waals surface area contributed by atoms with Crippen molar-refractivity contribution in [3.8, 4) is 0 Å². The van der Waals surface area contributed by atoms with Crippen LogP contribution in [0.25, 0.3) is 0 Å². The lowest BCUT2D eigenvalue weighted by Gasteiger charge is -2.18. The predicted octanol–water partition coefficient (Wildman–Crippen LogP) is -0.997. The van der Waals surface area contributed by atoms with Crippen LogP contribution in [0.4, 0.5) is 0 Å². The maximum Gasteiger partial charge on any atom is 0.276 e. The molecule has 4 N–H and O–H groups in total. The van der Waals surface area contributed by atoms with Gasteiger partial charge in [0.05, 0.1) is 0 Å². The van der Waals surface area contributed by atoms with Crippen molar-refractivity contribution in [2.75, 3.05) is 13.1 Å². The summed E-state index contributed by atoms with van der Waals surface area (Å²) in [6.07, 6.45) is 2.71. The SMILES string of the molecule is NC1CCCCN(S(N)(=O)=O)C1. The third-order valence-electron chi connectivity index (χ3n) is 2.03. The van der Waals surface area contributed by atoms with Gasteiger partial charge in [0.25, 0.3) is 10.2 Å². The smallest absolute Gasteiger partial charge is 0.276 e. The quantitative estimate of drug-likeness (QED) is 0.560. The molecule has 1 fully saturated rings. The molecule has 0 aromatic carbocycles. The number of nitrogens with zero attached hydrogens (tertiary/aromatic N) is 1. The average Bonchev–Trinajstić information content (AvgIpc) is 2.11. The van der Waals surface area contributed by atoms with Gasteiger partial charge in [-0.2, -0.15) is 12.7 Å². The van der Waals surface area contributed by atoms with Crippen molar-refractivity contribution in [3.63, 3.8) is 0 Å². The molecule has 0 saturated carbocycles. The highest BCUT2D eigenvalue weighted by molar-refractivity contribution is 7.86. The molecule has 1 aliphatic heterocycles. The molecular weight excluding hydrogens is 178 g/mol. The lowest BCUT2D eigenvalue weighted by Crippen LogP contribution is -2.43. The monoisotopic (exact) mass is 193 g/mol. The third kappa shape index (κ3) is 2.71. The number of rotatable bonds is 1. The molecule has 6 heteroatoms. The Labute approximate surface area is 72.9 Å². The van der Waals surface area contributed by atoms with E-state index in [4.69, 9.17) is 10.9 Å². The maximum absolute atomic E-state index is 10.9. The maximum atomic E-state index is 10.9. The van der Waals surface area contributed by atoms with Crippen molar-refractivity contribution in [1.29, 1.82) is 0 Å². The zero-order chi connectivity index (χ0) is 9.19. The van der Waals surface area contributed by atoms with E-state index >= 15 is 0 Å². The fourth-order valence-corrected chi connectivity index (χ4v) is 2.15. The van der Waals surface area contributed by atoms with E-state index in [1.807, 2.05) is 0 Å². The first-order valence-electron chi connectivity index (χ1n) is 4.03. The fourth-order valence-electron chi connectivity index (χ4n) is 1.37. The fraction of sp³-hybridized carbons (Fsp3) is 1.00. The van der Waals surface area contributed by atoms with Crippen molar-refractivity contribution in [2.45, 2.75) is 25.3 Å². The Morgan fingerprint density at radius 3 is 2.58 bits per heavy atom. The Morgan fingerprint density at radius 2 is 2.00 bits per heavy atom. The third-order valence-corrected chi connectivity index (χ3v) is 3.08. The molecule has 0 aliphatic carbocycles. The largest absolute Gasteiger partial charge is 0.327 e. The van der Waals surface area contributed by atoms with Crippen LogP contribution in [-0.4, -0.2) is 31.9 Å². The summed E-state index contributed by atoms with van der Waals surface area (Å²) in [4.78, 5) is 0. The van der Waals surface area contributed by atoms with Crippen LogP contribution in [0.3, 0.4) is 0 Å². The van der Waals surface area contributed by atoms with Gasteiger partial charge in [-0.15, -0.1) is 0 Å². The van der Waals surface area contributed by atoms with E-state index in [0.29, 0.717) is 13.1 Å². The molecule has 0 spiro atoms. The molecule has 5 nitrogen and oxygen atoms in total. The van der Waals surface area contributed by atoms with Crippen molar-refractivity contribution in [3.05, 3.63) is 0 Å². The van der Waals surface area contributed by atoms with Crippen LogP contribution in [0, 0.1) is 0 Å². The van der Waals surface area contributed by atoms with Gasteiger partial charge >= 0.3 is 0 Å². The topological polar surface area (TPSA) is 89.4 Å². The highest BCUT2D eigenvalue weighted by atomic mass is 32.2. The lowest BCUT2D eigenvalue weighted by atomic mass is 10.2. The van der Waals surface area contributed by atoms with Crippen LogP contribution in [0.15, 0.2) is 0 Å². The van der Waals surface area contributed by atoms with E-state index in [1.54, 1.807) is 0 Å². The molecule has 0 aromatic rings. The minimum absolute atomic E-state index is 0.0641. The van der Waals surface area contributed by atoms with Crippen LogP contribution in [0.5, 0.6) is 0 Å². The van der Waals surface area contributed by atoms with Crippen LogP contribution in [0.1, 0.15) is 19.3 Å². The molecule has 0 bridgehead atoms. The Balaban J connectivity index is 2.65. The van der Waals surface area contributed by atoms with Crippen molar-refractivity contribution < 1.29 is 8.42 Å². The summed E-state index contributed by atoms with van der Waals surface area (Å²) < 4.78 is 23.1. The molecular formula is C6H15N3O2S. The first kappa shape index (κ1) is 9.91. The second kappa shape index (κ2) is 3.69. The zero-order valence-corrected chi connectivity index (χ0v) is 7.76. The van der Waals surface area contributed by atoms with E-state index in [2.05, 4.69) is 0 Å². The molecule has 0 amide bonds. The van der Waals surface area contributed by atoms with Crippen molar-refractivity contribution in [2.24, 2.45) is 10.9 Å². The first-order valence-corrected chi connectivity index (χ1v) is 5.54. The highest BCUT2D eigenvalue weighted by Crippen LogP contribution is 2.10. The molecule has 1 saturated heterocycles. The summed E-state index contributed by atoms with van der Waals surface area (Å²) in [5.74, 6) is 0. The summed E-state index contributed by atoms with van der Waals surface area (Å²) >= 11 is 0. The second-order valence-electron chi connectivity index (χ2n) is 3.16. The van der Waals surface area contributed by atoms with Crippen LogP contribution < -0.4 is 10.9 Å². The number of nitrogens with two attached hydrogens (primary N) is 2. The van der Waals surface area contributed by atoms with Crippen LogP contribution in [-0.2, 0) is 10.2 Å². The molecule has 72 valence electrons. The number of hydrogen-bond acceptors (Lipinski definition) is 3. The van der Waals surface area contributed by atoms with Crippen LogP contribution in [0.2, 0.25) is 0 Å². The zero-order valence-electron chi connectivity index (χ0n) is 6.94. The summed E-state index contributed by atoms with van der Waals surface area (Å²) in [6.45, 7) is 0.866. The normalized spacial score (nSPS) is 28.3. The Bertz CT molecular complexity index is 239. The summed E-state index contributed by atoms with van der Waals surface area (Å²) in [5, 5.41) is 4.98. The molecule has 0 aromatic heterocycles. The Hall–Kier alpha value is -0.170. The van der Waals surface area contributed by atoms with E-state index in [-0.39, 0.29) is 6.04 Å². The molecule has 1 aliphatic rings. The highest BCUT2D eigenvalue weighted by Gasteiger charge is 2.22. The van der Waals surface area contributed by atoms with E-state index in [1.165, 1.54) is 4.31 Å². The van der Waals surface area contributed by atoms with Gasteiger partial charge in [-0.3, -0.25) is 0 Å².